The van der Waals surface area contributed by atoms with Gasteiger partial charge in [-0.05, 0) is 30.4 Å². The van der Waals surface area contributed by atoms with Crippen LogP contribution in [-0.2, 0) is 16.2 Å². The molecule has 154 valence electrons. The molecule has 1 aromatic carbocycles. The number of rotatable bonds is 9. The summed E-state index contributed by atoms with van der Waals surface area (Å²) >= 11 is 0. The van der Waals surface area contributed by atoms with E-state index in [0.717, 1.165) is 24.3 Å². The Bertz CT molecular complexity index is 653. The second kappa shape index (κ2) is 11.1. The Balaban J connectivity index is 2.00. The Morgan fingerprint density at radius 1 is 1.36 bits per heavy atom. The van der Waals surface area contributed by atoms with Crippen LogP contribution in [0.2, 0.25) is 0 Å². The number of carbonyl (C=O) groups is 1. The van der Waals surface area contributed by atoms with Crippen LogP contribution >= 0.6 is 0 Å². The first-order valence-corrected chi connectivity index (χ1v) is 10.2. The monoisotopic (exact) mass is 387 g/mol. The Labute approximate surface area is 168 Å². The summed E-state index contributed by atoms with van der Waals surface area (Å²) in [7, 11) is 1.34. The van der Waals surface area contributed by atoms with E-state index in [-0.39, 0.29) is 17.7 Å². The molecule has 6 heteroatoms. The van der Waals surface area contributed by atoms with Crippen LogP contribution < -0.4 is 5.23 Å². The molecule has 0 aliphatic heterocycles. The van der Waals surface area contributed by atoms with Gasteiger partial charge in [-0.1, -0.05) is 57.7 Å². The van der Waals surface area contributed by atoms with Crippen LogP contribution in [0.25, 0.3) is 0 Å². The quantitative estimate of drug-likeness (QED) is 0.385. The molecule has 1 aliphatic rings. The summed E-state index contributed by atoms with van der Waals surface area (Å²) in [5.41, 5.74) is 1.32. The maximum Gasteiger partial charge on any atom is 0.231 e. The van der Waals surface area contributed by atoms with Crippen LogP contribution in [0, 0.1) is 22.5 Å². The highest BCUT2D eigenvalue weighted by atomic mass is 16.9. The maximum absolute atomic E-state index is 13.0. The molecule has 6 nitrogen and oxygen atoms in total. The molecule has 2 N–H and O–H groups in total. The van der Waals surface area contributed by atoms with E-state index >= 15 is 0 Å². The summed E-state index contributed by atoms with van der Waals surface area (Å²) in [5.74, 6) is 0.669. The zero-order valence-corrected chi connectivity index (χ0v) is 17.1. The number of quaternary nitrogens is 1. The first kappa shape index (κ1) is 22.3. The lowest BCUT2D eigenvalue weighted by molar-refractivity contribution is -0.992. The zero-order valence-electron chi connectivity index (χ0n) is 17.1. The third kappa shape index (κ3) is 6.26. The van der Waals surface area contributed by atoms with Crippen LogP contribution in [-0.4, -0.2) is 23.8 Å². The Morgan fingerprint density at radius 3 is 2.57 bits per heavy atom. The van der Waals surface area contributed by atoms with Gasteiger partial charge >= 0.3 is 0 Å². The number of hydrogen-bond acceptors (Lipinski definition) is 4. The molecular formula is C22H33N3O3. The van der Waals surface area contributed by atoms with E-state index in [2.05, 4.69) is 6.58 Å². The van der Waals surface area contributed by atoms with Crippen molar-refractivity contribution in [3.05, 3.63) is 47.7 Å². The molecule has 1 aliphatic carbocycles. The van der Waals surface area contributed by atoms with Crippen molar-refractivity contribution in [2.24, 2.45) is 11.8 Å². The van der Waals surface area contributed by atoms with E-state index in [1.54, 1.807) is 24.3 Å². The smallest absolute Gasteiger partial charge is 0.231 e. The standard InChI is InChI=1S/C22H33N3O3/c1-4-21(23)24(16-19-12-14-20(15-13-19)25(27)28-3)22(26)17(2)10-11-18-8-6-5-7-9-18/h4,12-15,17-18,23,25H,1,5-11,16H2,2-3H3. The van der Waals surface area contributed by atoms with Crippen molar-refractivity contribution >= 4 is 17.4 Å². The minimum atomic E-state index is -0.394. The number of nitrogens with zero attached hydrogens (tertiary/aromatic N) is 1. The lowest BCUT2D eigenvalue weighted by Gasteiger charge is -2.27. The number of amides is 1. The Kier molecular flexibility index (Phi) is 8.83. The van der Waals surface area contributed by atoms with Crippen molar-refractivity contribution in [2.75, 3.05) is 7.11 Å². The number of carbonyl (C=O) groups excluding carboxylic acids is 1. The van der Waals surface area contributed by atoms with Gasteiger partial charge in [0.1, 0.15) is 5.84 Å². The maximum atomic E-state index is 13.0. The van der Waals surface area contributed by atoms with Gasteiger partial charge in [-0.3, -0.25) is 15.1 Å². The molecule has 0 radical (unpaired) electrons. The number of benzene rings is 1. The first-order chi connectivity index (χ1) is 13.5. The summed E-state index contributed by atoms with van der Waals surface area (Å²) < 4.78 is 0. The van der Waals surface area contributed by atoms with Gasteiger partial charge in [0, 0.05) is 18.1 Å². The molecule has 28 heavy (non-hydrogen) atoms. The highest BCUT2D eigenvalue weighted by molar-refractivity contribution is 6.02. The van der Waals surface area contributed by atoms with Gasteiger partial charge in [0.15, 0.2) is 5.69 Å². The molecule has 1 saturated carbocycles. The van der Waals surface area contributed by atoms with E-state index in [1.807, 2.05) is 6.92 Å². The van der Waals surface area contributed by atoms with Gasteiger partial charge in [-0.15, -0.1) is 0 Å². The van der Waals surface area contributed by atoms with Crippen LogP contribution in [0.1, 0.15) is 57.4 Å². The Hall–Kier alpha value is -2.02. The molecule has 0 heterocycles. The average Bonchev–Trinajstić information content (AvgIpc) is 2.75. The lowest BCUT2D eigenvalue weighted by atomic mass is 9.84. The van der Waals surface area contributed by atoms with Crippen LogP contribution in [0.5, 0.6) is 0 Å². The summed E-state index contributed by atoms with van der Waals surface area (Å²) in [6.45, 7) is 5.90. The molecule has 0 spiro atoms. The van der Waals surface area contributed by atoms with Crippen LogP contribution in [0.3, 0.4) is 0 Å². The highest BCUT2D eigenvalue weighted by Crippen LogP contribution is 2.29. The molecule has 2 atom stereocenters. The van der Waals surface area contributed by atoms with Crippen molar-refractivity contribution in [3.8, 4) is 0 Å². The molecule has 1 fully saturated rings. The fraction of sp³-hybridized carbons (Fsp3) is 0.545. The van der Waals surface area contributed by atoms with Gasteiger partial charge in [-0.2, -0.15) is 5.23 Å². The summed E-state index contributed by atoms with van der Waals surface area (Å²) in [5, 5.41) is 19.3. The largest absolute Gasteiger partial charge is 0.595 e. The molecule has 1 amide bonds. The van der Waals surface area contributed by atoms with Gasteiger partial charge in [-0.25, -0.2) is 4.84 Å². The van der Waals surface area contributed by atoms with E-state index < -0.39 is 5.23 Å². The van der Waals surface area contributed by atoms with Crippen molar-refractivity contribution in [1.82, 2.24) is 4.90 Å². The number of hydrogen-bond donors (Lipinski definition) is 2. The molecule has 1 aromatic rings. The molecule has 0 bridgehead atoms. The molecular weight excluding hydrogens is 354 g/mol. The summed E-state index contributed by atoms with van der Waals surface area (Å²) in [6, 6.07) is 6.92. The molecule has 0 aromatic heterocycles. The zero-order chi connectivity index (χ0) is 20.5. The van der Waals surface area contributed by atoms with E-state index in [0.29, 0.717) is 12.2 Å². The first-order valence-electron chi connectivity index (χ1n) is 10.2. The predicted molar refractivity (Wildman–Crippen MR) is 111 cm³/mol. The van der Waals surface area contributed by atoms with Crippen molar-refractivity contribution in [3.63, 3.8) is 0 Å². The minimum absolute atomic E-state index is 0.0437. The molecule has 0 saturated heterocycles. The number of amidine groups is 1. The van der Waals surface area contributed by atoms with Crippen molar-refractivity contribution < 1.29 is 14.9 Å². The highest BCUT2D eigenvalue weighted by Gasteiger charge is 2.24. The lowest BCUT2D eigenvalue weighted by Crippen LogP contribution is -3.00. The third-order valence-electron chi connectivity index (χ3n) is 5.62. The van der Waals surface area contributed by atoms with Gasteiger partial charge < -0.3 is 5.21 Å². The predicted octanol–water partition coefficient (Wildman–Crippen LogP) is 3.75. The normalized spacial score (nSPS) is 17.0. The molecule has 2 unspecified atom stereocenters. The second-order valence-electron chi connectivity index (χ2n) is 7.68. The third-order valence-corrected chi connectivity index (χ3v) is 5.62. The van der Waals surface area contributed by atoms with Crippen LogP contribution in [0.4, 0.5) is 5.69 Å². The Morgan fingerprint density at radius 2 is 2.00 bits per heavy atom. The van der Waals surface area contributed by atoms with Gasteiger partial charge in [0.2, 0.25) is 5.91 Å². The fourth-order valence-corrected chi connectivity index (χ4v) is 3.79. The van der Waals surface area contributed by atoms with Crippen molar-refractivity contribution in [2.45, 2.75) is 58.4 Å². The van der Waals surface area contributed by atoms with E-state index in [1.165, 1.54) is 50.2 Å². The fourth-order valence-electron chi connectivity index (χ4n) is 3.79. The topological polar surface area (TPSA) is 80.9 Å². The van der Waals surface area contributed by atoms with Crippen LogP contribution in [0.15, 0.2) is 36.9 Å². The van der Waals surface area contributed by atoms with Crippen molar-refractivity contribution in [1.29, 1.82) is 5.41 Å². The second-order valence-corrected chi connectivity index (χ2v) is 7.68. The average molecular weight is 388 g/mol. The van der Waals surface area contributed by atoms with E-state index in [9.17, 15) is 10.0 Å². The summed E-state index contributed by atoms with van der Waals surface area (Å²) in [6.07, 6.45) is 9.84. The number of nitrogens with one attached hydrogen (secondary N) is 2. The SMILES string of the molecule is C=CC(=N)N(Cc1ccc([NH+]([O-])OC)cc1)C(=O)C(C)CCC1CCCCC1. The van der Waals surface area contributed by atoms with E-state index in [4.69, 9.17) is 10.2 Å². The minimum Gasteiger partial charge on any atom is -0.595 e. The van der Waals surface area contributed by atoms with Gasteiger partial charge in [0.05, 0.1) is 13.7 Å². The molecule has 2 rings (SSSR count). The summed E-state index contributed by atoms with van der Waals surface area (Å²) in [4.78, 5) is 19.2. The van der Waals surface area contributed by atoms with Gasteiger partial charge in [0.25, 0.3) is 0 Å².